The molecule has 1 aliphatic rings. The van der Waals surface area contributed by atoms with Crippen molar-refractivity contribution in [2.45, 2.75) is 38.3 Å². The summed E-state index contributed by atoms with van der Waals surface area (Å²) in [6.45, 7) is 3.82. The minimum absolute atomic E-state index is 0.249. The Morgan fingerprint density at radius 3 is 2.90 bits per heavy atom. The Labute approximate surface area is 126 Å². The lowest BCUT2D eigenvalue weighted by Crippen LogP contribution is -2.49. The molecular weight excluding hydrogens is 288 g/mol. The summed E-state index contributed by atoms with van der Waals surface area (Å²) < 4.78 is 0.935. The highest BCUT2D eigenvalue weighted by Crippen LogP contribution is 2.36. The number of nitrogens with zero attached hydrogens (tertiary/aromatic N) is 2. The van der Waals surface area contributed by atoms with Crippen molar-refractivity contribution in [3.63, 3.8) is 0 Å². The number of amides is 1. The van der Waals surface area contributed by atoms with Crippen molar-refractivity contribution in [1.29, 1.82) is 0 Å². The largest absolute Gasteiger partial charge is 0.480 e. The number of thiazole rings is 1. The molecule has 2 heterocycles. The van der Waals surface area contributed by atoms with Crippen LogP contribution in [0.5, 0.6) is 0 Å². The van der Waals surface area contributed by atoms with E-state index >= 15 is 0 Å². The zero-order valence-corrected chi connectivity index (χ0v) is 12.7. The number of para-hydroxylation sites is 1. The number of hydrogen-bond donors (Lipinski definition) is 1. The Morgan fingerprint density at radius 2 is 2.19 bits per heavy atom. The number of carbonyl (C=O) groups excluding carboxylic acids is 1. The molecule has 1 fully saturated rings. The summed E-state index contributed by atoms with van der Waals surface area (Å²) in [6, 6.07) is 4.68. The summed E-state index contributed by atoms with van der Waals surface area (Å²) >= 11 is 1.47. The van der Waals surface area contributed by atoms with Gasteiger partial charge in [-0.3, -0.25) is 4.79 Å². The number of benzene rings is 1. The first-order valence-electron chi connectivity index (χ1n) is 6.80. The van der Waals surface area contributed by atoms with Crippen molar-refractivity contribution >= 4 is 33.4 Å². The van der Waals surface area contributed by atoms with Crippen LogP contribution in [0.3, 0.4) is 0 Å². The van der Waals surface area contributed by atoms with E-state index in [0.717, 1.165) is 4.70 Å². The van der Waals surface area contributed by atoms with Crippen molar-refractivity contribution < 1.29 is 14.7 Å². The van der Waals surface area contributed by atoms with Crippen LogP contribution in [0.4, 0.5) is 0 Å². The minimum Gasteiger partial charge on any atom is -0.480 e. The molecular formula is C15H16N2O3S. The van der Waals surface area contributed by atoms with E-state index in [0.29, 0.717) is 23.9 Å². The minimum atomic E-state index is -0.945. The van der Waals surface area contributed by atoms with Crippen molar-refractivity contribution in [1.82, 2.24) is 9.88 Å². The van der Waals surface area contributed by atoms with Crippen molar-refractivity contribution in [2.24, 2.45) is 0 Å². The molecule has 0 radical (unpaired) electrons. The maximum Gasteiger partial charge on any atom is 0.326 e. The third-order valence-electron chi connectivity index (χ3n) is 4.09. The Morgan fingerprint density at radius 1 is 1.43 bits per heavy atom. The highest BCUT2D eigenvalue weighted by Gasteiger charge is 2.46. The lowest BCUT2D eigenvalue weighted by molar-refractivity contribution is -0.142. The van der Waals surface area contributed by atoms with Gasteiger partial charge in [0.2, 0.25) is 0 Å². The molecule has 0 saturated carbocycles. The first kappa shape index (κ1) is 14.0. The molecule has 2 aromatic rings. The molecule has 110 valence electrons. The molecule has 5 nitrogen and oxygen atoms in total. The molecule has 1 saturated heterocycles. The van der Waals surface area contributed by atoms with Crippen LogP contribution in [-0.2, 0) is 4.79 Å². The van der Waals surface area contributed by atoms with E-state index in [2.05, 4.69) is 4.98 Å². The third kappa shape index (κ3) is 2.19. The number of fused-ring (bicyclic) bond motifs is 1. The predicted molar refractivity (Wildman–Crippen MR) is 80.5 cm³/mol. The monoisotopic (exact) mass is 304 g/mol. The smallest absolute Gasteiger partial charge is 0.326 e. The summed E-state index contributed by atoms with van der Waals surface area (Å²) in [7, 11) is 0. The van der Waals surface area contributed by atoms with Crippen LogP contribution in [0.15, 0.2) is 23.7 Å². The van der Waals surface area contributed by atoms with Gasteiger partial charge in [0.1, 0.15) is 6.04 Å². The zero-order chi connectivity index (χ0) is 15.2. The second-order valence-corrected chi connectivity index (χ2v) is 6.77. The molecule has 3 rings (SSSR count). The normalized spacial score (nSPS) is 20.9. The highest BCUT2D eigenvalue weighted by atomic mass is 32.1. The second kappa shape index (κ2) is 4.80. The average molecular weight is 304 g/mol. The first-order chi connectivity index (χ1) is 9.92. The number of carboxylic acids is 1. The lowest BCUT2D eigenvalue weighted by atomic mass is 10.0. The van der Waals surface area contributed by atoms with Crippen molar-refractivity contribution in [3.8, 4) is 0 Å². The van der Waals surface area contributed by atoms with Crippen LogP contribution >= 0.6 is 11.3 Å². The molecule has 6 heteroatoms. The molecule has 1 aromatic carbocycles. The average Bonchev–Trinajstić information content (AvgIpc) is 3.00. The number of aromatic nitrogens is 1. The zero-order valence-electron chi connectivity index (χ0n) is 11.9. The Kier molecular flexibility index (Phi) is 3.20. The van der Waals surface area contributed by atoms with Gasteiger partial charge in [0.05, 0.1) is 21.3 Å². The standard InChI is InChI=1S/C15H16N2O3S/c1-15(2)7-6-10(14(19)20)17(15)13(18)9-4-3-5-11-12(9)16-8-21-11/h3-5,8,10H,6-7H2,1-2H3,(H,19,20). The van der Waals surface area contributed by atoms with Gasteiger partial charge < -0.3 is 10.0 Å². The van der Waals surface area contributed by atoms with E-state index < -0.39 is 17.6 Å². The van der Waals surface area contributed by atoms with Crippen LogP contribution in [-0.4, -0.2) is 38.4 Å². The van der Waals surface area contributed by atoms with Gasteiger partial charge in [-0.2, -0.15) is 0 Å². The Bertz CT molecular complexity index is 723. The Hall–Kier alpha value is -1.95. The highest BCUT2D eigenvalue weighted by molar-refractivity contribution is 7.16. The number of likely N-dealkylation sites (tertiary alicyclic amines) is 1. The quantitative estimate of drug-likeness (QED) is 0.926. The van der Waals surface area contributed by atoms with Gasteiger partial charge in [0, 0.05) is 5.54 Å². The number of carbonyl (C=O) groups is 2. The van der Waals surface area contributed by atoms with E-state index in [1.165, 1.54) is 16.2 Å². The maximum atomic E-state index is 12.9. The predicted octanol–water partition coefficient (Wildman–Crippen LogP) is 2.76. The van der Waals surface area contributed by atoms with Gasteiger partial charge in [-0.05, 0) is 38.8 Å². The summed E-state index contributed by atoms with van der Waals surface area (Å²) in [5.41, 5.74) is 2.37. The maximum absolute atomic E-state index is 12.9. The molecule has 1 aromatic heterocycles. The number of carboxylic acid groups (broad SMARTS) is 1. The van der Waals surface area contributed by atoms with E-state index in [1.807, 2.05) is 26.0 Å². The first-order valence-corrected chi connectivity index (χ1v) is 7.68. The number of rotatable bonds is 2. The molecule has 1 unspecified atom stereocenters. The van der Waals surface area contributed by atoms with E-state index in [4.69, 9.17) is 0 Å². The summed E-state index contributed by atoms with van der Waals surface area (Å²) in [4.78, 5) is 30.1. The van der Waals surface area contributed by atoms with Crippen LogP contribution in [0.25, 0.3) is 10.2 Å². The SMILES string of the molecule is CC1(C)CCC(C(=O)O)N1C(=O)c1cccc2scnc12. The van der Waals surface area contributed by atoms with Gasteiger partial charge in [0.25, 0.3) is 5.91 Å². The molecule has 1 aliphatic heterocycles. The van der Waals surface area contributed by atoms with Crippen molar-refractivity contribution in [2.75, 3.05) is 0 Å². The second-order valence-electron chi connectivity index (χ2n) is 5.88. The fourth-order valence-electron chi connectivity index (χ4n) is 3.00. The van der Waals surface area contributed by atoms with Gasteiger partial charge >= 0.3 is 5.97 Å². The topological polar surface area (TPSA) is 70.5 Å². The summed E-state index contributed by atoms with van der Waals surface area (Å²) in [5, 5.41) is 9.38. The lowest BCUT2D eigenvalue weighted by Gasteiger charge is -2.34. The van der Waals surface area contributed by atoms with Gasteiger partial charge in [0.15, 0.2) is 0 Å². The number of hydrogen-bond acceptors (Lipinski definition) is 4. The van der Waals surface area contributed by atoms with Crippen LogP contribution in [0.1, 0.15) is 37.0 Å². The Balaban J connectivity index is 2.08. The van der Waals surface area contributed by atoms with E-state index in [-0.39, 0.29) is 5.91 Å². The molecule has 0 aliphatic carbocycles. The summed E-state index contributed by atoms with van der Waals surface area (Å²) in [5.74, 6) is -1.19. The van der Waals surface area contributed by atoms with Crippen LogP contribution < -0.4 is 0 Å². The van der Waals surface area contributed by atoms with Crippen molar-refractivity contribution in [3.05, 3.63) is 29.3 Å². The fourth-order valence-corrected chi connectivity index (χ4v) is 3.70. The van der Waals surface area contributed by atoms with Gasteiger partial charge in [-0.25, -0.2) is 9.78 Å². The van der Waals surface area contributed by atoms with Gasteiger partial charge in [-0.15, -0.1) is 11.3 Å². The van der Waals surface area contributed by atoms with Crippen LogP contribution in [0.2, 0.25) is 0 Å². The molecule has 1 atom stereocenters. The third-order valence-corrected chi connectivity index (χ3v) is 4.88. The fraction of sp³-hybridized carbons (Fsp3) is 0.400. The molecule has 0 bridgehead atoms. The molecule has 1 amide bonds. The van der Waals surface area contributed by atoms with Crippen LogP contribution in [0, 0.1) is 0 Å². The summed E-state index contributed by atoms with van der Waals surface area (Å²) in [6.07, 6.45) is 1.17. The van der Waals surface area contributed by atoms with E-state index in [9.17, 15) is 14.7 Å². The van der Waals surface area contributed by atoms with E-state index in [1.54, 1.807) is 11.6 Å². The number of aliphatic carboxylic acids is 1. The molecule has 1 N–H and O–H groups in total. The molecule has 0 spiro atoms. The van der Waals surface area contributed by atoms with Gasteiger partial charge in [-0.1, -0.05) is 6.07 Å². The molecule has 21 heavy (non-hydrogen) atoms.